The molecule has 3 N–H and O–H groups in total. The van der Waals surface area contributed by atoms with Gasteiger partial charge in [-0.05, 0) is 37.0 Å². The molecule has 0 bridgehead atoms. The highest BCUT2D eigenvalue weighted by atomic mass is 127. The molecule has 0 radical (unpaired) electrons. The summed E-state index contributed by atoms with van der Waals surface area (Å²) in [7, 11) is 5.26. The van der Waals surface area contributed by atoms with Crippen molar-refractivity contribution in [3.63, 3.8) is 0 Å². The van der Waals surface area contributed by atoms with Crippen molar-refractivity contribution in [2.24, 2.45) is 10.4 Å². The van der Waals surface area contributed by atoms with Gasteiger partial charge < -0.3 is 20.9 Å². The summed E-state index contributed by atoms with van der Waals surface area (Å²) in [5.74, 6) is 0.535. The predicted molar refractivity (Wildman–Crippen MR) is 129 cm³/mol. The highest BCUT2D eigenvalue weighted by Gasteiger charge is 2.42. The van der Waals surface area contributed by atoms with Crippen LogP contribution in [-0.2, 0) is 16.0 Å². The van der Waals surface area contributed by atoms with Crippen LogP contribution >= 0.6 is 24.0 Å². The Kier molecular flexibility index (Phi) is 10.4. The number of hydrogen-bond acceptors (Lipinski definition) is 3. The molecule has 0 atom stereocenters. The maximum atomic E-state index is 12.7. The van der Waals surface area contributed by atoms with Gasteiger partial charge in [-0.2, -0.15) is 0 Å². The van der Waals surface area contributed by atoms with Gasteiger partial charge in [-0.25, -0.2) is 0 Å². The van der Waals surface area contributed by atoms with E-state index < -0.39 is 0 Å². The lowest BCUT2D eigenvalue weighted by atomic mass is 9.84. The third-order valence-electron chi connectivity index (χ3n) is 5.27. The molecule has 8 heteroatoms. The molecule has 0 unspecified atom stereocenters. The predicted octanol–water partition coefficient (Wildman–Crippen LogP) is 2.62. The van der Waals surface area contributed by atoms with Crippen molar-refractivity contribution in [2.45, 2.75) is 39.0 Å². The Morgan fingerprint density at radius 3 is 2.45 bits per heavy atom. The summed E-state index contributed by atoms with van der Waals surface area (Å²) in [4.78, 5) is 30.7. The third-order valence-corrected chi connectivity index (χ3v) is 5.27. The number of nitrogens with one attached hydrogen (secondary N) is 3. The zero-order valence-corrected chi connectivity index (χ0v) is 20.2. The number of nitrogens with zero attached hydrogens (tertiary/aromatic N) is 2. The van der Waals surface area contributed by atoms with Crippen molar-refractivity contribution in [1.82, 2.24) is 15.5 Å². The molecule has 2 amide bonds. The van der Waals surface area contributed by atoms with Gasteiger partial charge in [-0.1, -0.05) is 31.9 Å². The van der Waals surface area contributed by atoms with E-state index in [0.29, 0.717) is 12.5 Å². The number of guanidine groups is 1. The van der Waals surface area contributed by atoms with Gasteiger partial charge in [-0.15, -0.1) is 24.0 Å². The number of aliphatic imine (C=N–C) groups is 1. The average Bonchev–Trinajstić information content (AvgIpc) is 3.17. The molecule has 1 saturated carbocycles. The minimum Gasteiger partial charge on any atom is -0.355 e. The van der Waals surface area contributed by atoms with Crippen LogP contribution in [0.1, 0.15) is 38.2 Å². The number of rotatable bonds is 7. The van der Waals surface area contributed by atoms with E-state index in [1.165, 1.54) is 5.56 Å². The van der Waals surface area contributed by atoms with Gasteiger partial charge in [0, 0.05) is 33.4 Å². The minimum atomic E-state index is -0.385. The summed E-state index contributed by atoms with van der Waals surface area (Å²) in [5.41, 5.74) is 1.58. The minimum absolute atomic E-state index is 0. The summed E-state index contributed by atoms with van der Waals surface area (Å²) < 4.78 is 0. The molecule has 162 valence electrons. The van der Waals surface area contributed by atoms with Crippen molar-refractivity contribution in [3.05, 3.63) is 29.8 Å². The summed E-state index contributed by atoms with van der Waals surface area (Å²) >= 11 is 0. The number of hydrogen-bond donors (Lipinski definition) is 3. The number of benzene rings is 1. The van der Waals surface area contributed by atoms with Gasteiger partial charge in [-0.3, -0.25) is 14.6 Å². The third kappa shape index (κ3) is 7.17. The second kappa shape index (κ2) is 12.0. The highest BCUT2D eigenvalue weighted by Crippen LogP contribution is 2.38. The molecule has 1 aliphatic carbocycles. The Bertz CT molecular complexity index is 715. The summed E-state index contributed by atoms with van der Waals surface area (Å²) in [6.45, 7) is 2.70. The summed E-state index contributed by atoms with van der Waals surface area (Å²) in [5, 5.41) is 9.16. The second-order valence-electron chi connectivity index (χ2n) is 7.57. The van der Waals surface area contributed by atoms with E-state index >= 15 is 0 Å². The molecule has 1 aliphatic rings. The largest absolute Gasteiger partial charge is 0.355 e. The van der Waals surface area contributed by atoms with E-state index in [4.69, 9.17) is 0 Å². The molecular formula is C21H34IN5O2. The Morgan fingerprint density at radius 1 is 1.17 bits per heavy atom. The van der Waals surface area contributed by atoms with E-state index in [0.717, 1.165) is 37.8 Å². The number of carbonyl (C=O) groups excluding carboxylic acids is 2. The number of anilines is 1. The monoisotopic (exact) mass is 515 g/mol. The lowest BCUT2D eigenvalue weighted by molar-refractivity contribution is -0.138. The van der Waals surface area contributed by atoms with Crippen LogP contribution in [0, 0.1) is 5.41 Å². The Hall–Kier alpha value is -1.84. The molecule has 1 aromatic rings. The number of carbonyl (C=O) groups is 2. The van der Waals surface area contributed by atoms with E-state index in [1.54, 1.807) is 26.0 Å². The van der Waals surface area contributed by atoms with Crippen LogP contribution < -0.4 is 16.0 Å². The van der Waals surface area contributed by atoms with Crippen molar-refractivity contribution in [2.75, 3.05) is 39.5 Å². The van der Waals surface area contributed by atoms with Gasteiger partial charge in [0.25, 0.3) is 0 Å². The number of halogens is 1. The van der Waals surface area contributed by atoms with Crippen LogP contribution in [0.5, 0.6) is 0 Å². The van der Waals surface area contributed by atoms with Crippen molar-refractivity contribution in [1.29, 1.82) is 0 Å². The quantitative estimate of drug-likeness (QED) is 0.296. The lowest BCUT2D eigenvalue weighted by Gasteiger charge is -2.31. The molecule has 1 aromatic carbocycles. The van der Waals surface area contributed by atoms with Gasteiger partial charge in [0.05, 0.1) is 12.0 Å². The van der Waals surface area contributed by atoms with Gasteiger partial charge in [0.1, 0.15) is 0 Å². The first-order valence-corrected chi connectivity index (χ1v) is 9.95. The molecular weight excluding hydrogens is 481 g/mol. The normalized spacial score (nSPS) is 15.2. The van der Waals surface area contributed by atoms with Gasteiger partial charge >= 0.3 is 0 Å². The molecule has 0 saturated heterocycles. The highest BCUT2D eigenvalue weighted by molar-refractivity contribution is 14.0. The topological polar surface area (TPSA) is 85.8 Å². The van der Waals surface area contributed by atoms with Crippen LogP contribution in [0.15, 0.2) is 29.3 Å². The molecule has 0 heterocycles. The number of amides is 2. The SMILES string of the molecule is CCc1cccc(NC(=O)CNC(=NC)NCC2(C(=O)N(C)C)CCCC2)c1.I. The van der Waals surface area contributed by atoms with E-state index in [1.807, 2.05) is 24.3 Å². The van der Waals surface area contributed by atoms with Crippen molar-refractivity contribution >= 4 is 47.4 Å². The molecule has 0 aromatic heterocycles. The Labute approximate surface area is 191 Å². The number of aryl methyl sites for hydroxylation is 1. The lowest BCUT2D eigenvalue weighted by Crippen LogP contribution is -2.50. The maximum absolute atomic E-state index is 12.7. The van der Waals surface area contributed by atoms with E-state index in [-0.39, 0.29) is 47.8 Å². The molecule has 29 heavy (non-hydrogen) atoms. The standard InChI is InChI=1S/C21H33N5O2.HI/c1-5-16-9-8-10-17(13-16)25-18(27)14-23-20(22-2)24-15-21(11-6-7-12-21)19(28)26(3)4;/h8-10,13H,5-7,11-12,14-15H2,1-4H3,(H,25,27)(H2,22,23,24);1H. The molecule has 7 nitrogen and oxygen atoms in total. The van der Waals surface area contributed by atoms with Crippen LogP contribution in [0.4, 0.5) is 5.69 Å². The molecule has 0 aliphatic heterocycles. The smallest absolute Gasteiger partial charge is 0.243 e. The molecule has 0 spiro atoms. The fourth-order valence-corrected chi connectivity index (χ4v) is 3.70. The van der Waals surface area contributed by atoms with Crippen LogP contribution in [0.2, 0.25) is 0 Å². The molecule has 1 fully saturated rings. The average molecular weight is 515 g/mol. The van der Waals surface area contributed by atoms with Crippen LogP contribution in [-0.4, -0.2) is 56.9 Å². The van der Waals surface area contributed by atoms with E-state index in [9.17, 15) is 9.59 Å². The van der Waals surface area contributed by atoms with E-state index in [2.05, 4.69) is 27.9 Å². The maximum Gasteiger partial charge on any atom is 0.243 e. The summed E-state index contributed by atoms with van der Waals surface area (Å²) in [6, 6.07) is 7.82. The fraction of sp³-hybridized carbons (Fsp3) is 0.571. The van der Waals surface area contributed by atoms with Crippen LogP contribution in [0.25, 0.3) is 0 Å². The van der Waals surface area contributed by atoms with Gasteiger partial charge in [0.2, 0.25) is 11.8 Å². The van der Waals surface area contributed by atoms with Crippen molar-refractivity contribution < 1.29 is 9.59 Å². The second-order valence-corrected chi connectivity index (χ2v) is 7.57. The van der Waals surface area contributed by atoms with Gasteiger partial charge in [0.15, 0.2) is 5.96 Å². The van der Waals surface area contributed by atoms with Crippen LogP contribution in [0.3, 0.4) is 0 Å². The first-order valence-electron chi connectivity index (χ1n) is 9.95. The Balaban J connectivity index is 0.00000420. The zero-order chi connectivity index (χ0) is 20.6. The first-order chi connectivity index (χ1) is 13.4. The first kappa shape index (κ1) is 25.2. The molecule has 2 rings (SSSR count). The fourth-order valence-electron chi connectivity index (χ4n) is 3.70. The summed E-state index contributed by atoms with van der Waals surface area (Å²) in [6.07, 6.45) is 4.80. The zero-order valence-electron chi connectivity index (χ0n) is 17.9. The van der Waals surface area contributed by atoms with Crippen molar-refractivity contribution in [3.8, 4) is 0 Å². The Morgan fingerprint density at radius 2 is 1.86 bits per heavy atom.